The highest BCUT2D eigenvalue weighted by molar-refractivity contribution is 7.05. The van der Waals surface area contributed by atoms with E-state index in [0.717, 1.165) is 29.2 Å². The summed E-state index contributed by atoms with van der Waals surface area (Å²) in [6.07, 6.45) is 2.03. The molecule has 0 saturated carbocycles. The second-order valence-electron chi connectivity index (χ2n) is 3.98. The van der Waals surface area contributed by atoms with Gasteiger partial charge in [0, 0.05) is 12.8 Å². The molecule has 1 unspecified atom stereocenters. The van der Waals surface area contributed by atoms with Crippen molar-refractivity contribution in [1.82, 2.24) is 9.36 Å². The van der Waals surface area contributed by atoms with Gasteiger partial charge in [-0.2, -0.15) is 4.37 Å². The molecule has 90 valence electrons. The summed E-state index contributed by atoms with van der Waals surface area (Å²) in [6, 6.07) is 9.67. The van der Waals surface area contributed by atoms with E-state index in [0.29, 0.717) is 6.42 Å². The highest BCUT2D eigenvalue weighted by Crippen LogP contribution is 2.19. The summed E-state index contributed by atoms with van der Waals surface area (Å²) in [6.45, 7) is 2.11. The van der Waals surface area contributed by atoms with Crippen molar-refractivity contribution in [2.45, 2.75) is 32.3 Å². The molecule has 2 rings (SSSR count). The third-order valence-electron chi connectivity index (χ3n) is 2.54. The third kappa shape index (κ3) is 3.35. The molecule has 1 aromatic carbocycles. The molecule has 0 aliphatic heterocycles. The zero-order chi connectivity index (χ0) is 12.1. The van der Waals surface area contributed by atoms with Gasteiger partial charge in [0.1, 0.15) is 10.8 Å². The lowest BCUT2D eigenvalue weighted by Gasteiger charge is -2.07. The van der Waals surface area contributed by atoms with E-state index in [9.17, 15) is 5.11 Å². The number of aliphatic hydroxyl groups is 1. The molecule has 3 nitrogen and oxygen atoms in total. The molecule has 0 saturated heterocycles. The van der Waals surface area contributed by atoms with Gasteiger partial charge < -0.3 is 5.11 Å². The van der Waals surface area contributed by atoms with Crippen LogP contribution < -0.4 is 0 Å². The van der Waals surface area contributed by atoms with Crippen LogP contribution in [0.15, 0.2) is 30.3 Å². The molecule has 0 spiro atoms. The predicted octanol–water partition coefficient (Wildman–Crippen LogP) is 2.77. The lowest BCUT2D eigenvalue weighted by molar-refractivity contribution is 0.178. The fraction of sp³-hybridized carbons (Fsp3) is 0.385. The Balaban J connectivity index is 2.00. The Morgan fingerprint density at radius 1 is 1.29 bits per heavy atom. The van der Waals surface area contributed by atoms with Crippen LogP contribution in [0.4, 0.5) is 0 Å². The summed E-state index contributed by atoms with van der Waals surface area (Å²) in [5, 5.41) is 11.0. The van der Waals surface area contributed by atoms with Crippen molar-refractivity contribution in [1.29, 1.82) is 0 Å². The molecule has 1 heterocycles. The van der Waals surface area contributed by atoms with E-state index in [1.165, 1.54) is 11.5 Å². The maximum absolute atomic E-state index is 10.1. The highest BCUT2D eigenvalue weighted by atomic mass is 32.1. The number of rotatable bonds is 5. The van der Waals surface area contributed by atoms with Crippen LogP contribution in [0.3, 0.4) is 0 Å². The molecule has 17 heavy (non-hydrogen) atoms. The number of aryl methyl sites for hydroxylation is 1. The average molecular weight is 248 g/mol. The van der Waals surface area contributed by atoms with Gasteiger partial charge >= 0.3 is 0 Å². The first kappa shape index (κ1) is 12.2. The Kier molecular flexibility index (Phi) is 4.23. The molecule has 1 N–H and O–H groups in total. The minimum Gasteiger partial charge on any atom is -0.388 e. The van der Waals surface area contributed by atoms with Crippen LogP contribution in [0.2, 0.25) is 0 Å². The molecule has 0 bridgehead atoms. The quantitative estimate of drug-likeness (QED) is 0.885. The van der Waals surface area contributed by atoms with Crippen molar-refractivity contribution in [3.63, 3.8) is 0 Å². The molecule has 1 atom stereocenters. The van der Waals surface area contributed by atoms with Crippen LogP contribution in [-0.2, 0) is 12.8 Å². The third-order valence-corrected chi connectivity index (χ3v) is 3.31. The van der Waals surface area contributed by atoms with E-state index in [-0.39, 0.29) is 0 Å². The van der Waals surface area contributed by atoms with Crippen molar-refractivity contribution in [2.75, 3.05) is 0 Å². The molecule has 0 fully saturated rings. The average Bonchev–Trinajstić information content (AvgIpc) is 2.78. The first-order chi connectivity index (χ1) is 8.29. The molecule has 1 aromatic heterocycles. The lowest BCUT2D eigenvalue weighted by Crippen LogP contribution is -2.01. The number of aromatic nitrogens is 2. The van der Waals surface area contributed by atoms with Crippen LogP contribution in [0.25, 0.3) is 0 Å². The van der Waals surface area contributed by atoms with E-state index in [1.54, 1.807) is 0 Å². The molecule has 2 aromatic rings. The van der Waals surface area contributed by atoms with E-state index >= 15 is 0 Å². The molecular formula is C13H16N2OS. The van der Waals surface area contributed by atoms with Crippen LogP contribution >= 0.6 is 11.5 Å². The van der Waals surface area contributed by atoms with Gasteiger partial charge in [-0.25, -0.2) is 4.98 Å². The summed E-state index contributed by atoms with van der Waals surface area (Å²) in [5.74, 6) is 0.896. The summed E-state index contributed by atoms with van der Waals surface area (Å²) in [7, 11) is 0. The Morgan fingerprint density at radius 2 is 2.06 bits per heavy atom. The molecule has 0 amide bonds. The monoisotopic (exact) mass is 248 g/mol. The van der Waals surface area contributed by atoms with E-state index < -0.39 is 6.10 Å². The molecule has 4 heteroatoms. The van der Waals surface area contributed by atoms with E-state index in [1.807, 2.05) is 30.3 Å². The highest BCUT2D eigenvalue weighted by Gasteiger charge is 2.11. The fourth-order valence-electron chi connectivity index (χ4n) is 1.66. The second kappa shape index (κ2) is 5.89. The zero-order valence-corrected chi connectivity index (χ0v) is 10.7. The van der Waals surface area contributed by atoms with E-state index in [4.69, 9.17) is 0 Å². The number of hydrogen-bond donors (Lipinski definition) is 1. The first-order valence-corrected chi connectivity index (χ1v) is 6.61. The van der Waals surface area contributed by atoms with Crippen molar-refractivity contribution >= 4 is 11.5 Å². The van der Waals surface area contributed by atoms with Crippen LogP contribution in [0.5, 0.6) is 0 Å². The minimum absolute atomic E-state index is 0.487. The number of nitrogens with zero attached hydrogens (tertiary/aromatic N) is 2. The van der Waals surface area contributed by atoms with E-state index in [2.05, 4.69) is 16.3 Å². The first-order valence-electron chi connectivity index (χ1n) is 5.84. The Hall–Kier alpha value is -1.26. The largest absolute Gasteiger partial charge is 0.388 e. The van der Waals surface area contributed by atoms with Gasteiger partial charge in [-0.3, -0.25) is 0 Å². The van der Waals surface area contributed by atoms with Gasteiger partial charge in [0.05, 0.1) is 6.10 Å². The summed E-state index contributed by atoms with van der Waals surface area (Å²) < 4.78 is 4.27. The molecule has 0 aliphatic rings. The van der Waals surface area contributed by atoms with Crippen molar-refractivity contribution in [3.05, 3.63) is 46.7 Å². The van der Waals surface area contributed by atoms with Gasteiger partial charge in [-0.05, 0) is 23.5 Å². The van der Waals surface area contributed by atoms with Crippen molar-refractivity contribution in [3.8, 4) is 0 Å². The van der Waals surface area contributed by atoms with Crippen LogP contribution in [0.1, 0.15) is 35.8 Å². The maximum Gasteiger partial charge on any atom is 0.142 e. The number of hydrogen-bond acceptors (Lipinski definition) is 4. The fourth-order valence-corrected chi connectivity index (χ4v) is 2.38. The van der Waals surface area contributed by atoms with Crippen molar-refractivity contribution < 1.29 is 5.11 Å². The summed E-state index contributed by atoms with van der Waals surface area (Å²) in [4.78, 5) is 4.41. The van der Waals surface area contributed by atoms with Crippen LogP contribution in [-0.4, -0.2) is 14.5 Å². The normalized spacial score (nSPS) is 12.6. The predicted molar refractivity (Wildman–Crippen MR) is 69.0 cm³/mol. The van der Waals surface area contributed by atoms with Gasteiger partial charge in [0.2, 0.25) is 0 Å². The van der Waals surface area contributed by atoms with Gasteiger partial charge in [-0.1, -0.05) is 37.3 Å². The molecule has 0 aliphatic carbocycles. The minimum atomic E-state index is -0.487. The van der Waals surface area contributed by atoms with Crippen molar-refractivity contribution in [2.24, 2.45) is 0 Å². The summed E-state index contributed by atoms with van der Waals surface area (Å²) in [5.41, 5.74) is 0.930. The molecular weight excluding hydrogens is 232 g/mol. The Bertz CT molecular complexity index is 455. The maximum atomic E-state index is 10.1. The van der Waals surface area contributed by atoms with Crippen LogP contribution in [0, 0.1) is 0 Å². The number of aliphatic hydroxyl groups excluding tert-OH is 1. The SMILES string of the molecule is CCCc1nsc(CC(O)c2ccccc2)n1. The zero-order valence-electron chi connectivity index (χ0n) is 9.84. The standard InChI is InChI=1S/C13H16N2OS/c1-2-6-12-14-13(17-15-12)9-11(16)10-7-4-3-5-8-10/h3-5,7-8,11,16H,2,6,9H2,1H3. The van der Waals surface area contributed by atoms with Gasteiger partial charge in [0.25, 0.3) is 0 Å². The van der Waals surface area contributed by atoms with Gasteiger partial charge in [0.15, 0.2) is 0 Å². The summed E-state index contributed by atoms with van der Waals surface area (Å²) >= 11 is 1.39. The van der Waals surface area contributed by atoms with Gasteiger partial charge in [-0.15, -0.1) is 0 Å². The molecule has 0 radical (unpaired) electrons. The lowest BCUT2D eigenvalue weighted by atomic mass is 10.1. The number of benzene rings is 1. The Labute approximate surface area is 105 Å². The Morgan fingerprint density at radius 3 is 2.76 bits per heavy atom. The second-order valence-corrected chi connectivity index (χ2v) is 4.82. The smallest absolute Gasteiger partial charge is 0.142 e. The topological polar surface area (TPSA) is 46.0 Å².